The second-order valence-corrected chi connectivity index (χ2v) is 5.10. The molecule has 116 valence electrons. The van der Waals surface area contributed by atoms with Gasteiger partial charge in [-0.15, -0.1) is 24.8 Å². The van der Waals surface area contributed by atoms with Gasteiger partial charge >= 0.3 is 0 Å². The van der Waals surface area contributed by atoms with E-state index in [0.29, 0.717) is 12.5 Å². The summed E-state index contributed by atoms with van der Waals surface area (Å²) >= 11 is 0. The highest BCUT2D eigenvalue weighted by atomic mass is 35.5. The van der Waals surface area contributed by atoms with Crippen LogP contribution in [0.3, 0.4) is 0 Å². The van der Waals surface area contributed by atoms with Crippen molar-refractivity contribution in [2.45, 2.75) is 33.2 Å². The number of hydrogen-bond donors (Lipinski definition) is 2. The number of nitrogens with one attached hydrogen (secondary N) is 2. The quantitative estimate of drug-likeness (QED) is 0.882. The Kier molecular flexibility index (Phi) is 8.85. The van der Waals surface area contributed by atoms with Crippen LogP contribution in [-0.4, -0.2) is 35.3 Å². The van der Waals surface area contributed by atoms with Gasteiger partial charge in [-0.2, -0.15) is 5.10 Å². The minimum atomic E-state index is 0. The SMILES string of the molecule is Cc1cc(C)n(CC(=O)NCC2CCCNC2)n1.Cl.Cl. The molecule has 7 heteroatoms. The van der Waals surface area contributed by atoms with Gasteiger partial charge in [0.1, 0.15) is 6.54 Å². The molecule has 5 nitrogen and oxygen atoms in total. The molecule has 1 aromatic heterocycles. The Morgan fingerprint density at radius 1 is 1.50 bits per heavy atom. The fourth-order valence-corrected chi connectivity index (χ4v) is 2.38. The summed E-state index contributed by atoms with van der Waals surface area (Å²) in [7, 11) is 0. The van der Waals surface area contributed by atoms with E-state index in [4.69, 9.17) is 0 Å². The molecule has 1 unspecified atom stereocenters. The van der Waals surface area contributed by atoms with Gasteiger partial charge in [-0.1, -0.05) is 0 Å². The maximum Gasteiger partial charge on any atom is 0.241 e. The molecule has 2 N–H and O–H groups in total. The van der Waals surface area contributed by atoms with Crippen LogP contribution in [-0.2, 0) is 11.3 Å². The predicted octanol–water partition coefficient (Wildman–Crippen LogP) is 1.46. The topological polar surface area (TPSA) is 59.0 Å². The molecule has 2 rings (SSSR count). The van der Waals surface area contributed by atoms with Crippen LogP contribution < -0.4 is 10.6 Å². The first-order valence-electron chi connectivity index (χ1n) is 6.63. The molecule has 1 amide bonds. The summed E-state index contributed by atoms with van der Waals surface area (Å²) in [5.74, 6) is 0.620. The van der Waals surface area contributed by atoms with Gasteiger partial charge in [0.25, 0.3) is 0 Å². The highest BCUT2D eigenvalue weighted by Gasteiger charge is 2.14. The maximum absolute atomic E-state index is 11.8. The Morgan fingerprint density at radius 3 is 2.80 bits per heavy atom. The monoisotopic (exact) mass is 322 g/mol. The van der Waals surface area contributed by atoms with E-state index in [1.165, 1.54) is 12.8 Å². The van der Waals surface area contributed by atoms with Crippen molar-refractivity contribution in [1.82, 2.24) is 20.4 Å². The van der Waals surface area contributed by atoms with E-state index in [-0.39, 0.29) is 30.7 Å². The van der Waals surface area contributed by atoms with Crippen LogP contribution in [0.5, 0.6) is 0 Å². The van der Waals surface area contributed by atoms with Crippen LogP contribution in [0, 0.1) is 19.8 Å². The summed E-state index contributed by atoms with van der Waals surface area (Å²) in [6.07, 6.45) is 2.41. The van der Waals surface area contributed by atoms with Crippen LogP contribution >= 0.6 is 24.8 Å². The molecule has 2 heterocycles. The molecule has 1 fully saturated rings. The zero-order valence-corrected chi connectivity index (χ0v) is 13.6. The van der Waals surface area contributed by atoms with Crippen molar-refractivity contribution >= 4 is 30.7 Å². The number of aromatic nitrogens is 2. The van der Waals surface area contributed by atoms with E-state index in [1.807, 2.05) is 19.9 Å². The van der Waals surface area contributed by atoms with Crippen molar-refractivity contribution in [3.63, 3.8) is 0 Å². The third-order valence-corrected chi connectivity index (χ3v) is 3.38. The number of halogens is 2. The van der Waals surface area contributed by atoms with Crippen molar-refractivity contribution in [1.29, 1.82) is 0 Å². The van der Waals surface area contributed by atoms with Crippen LogP contribution in [0.15, 0.2) is 6.07 Å². The largest absolute Gasteiger partial charge is 0.354 e. The van der Waals surface area contributed by atoms with Crippen molar-refractivity contribution in [3.8, 4) is 0 Å². The summed E-state index contributed by atoms with van der Waals surface area (Å²) in [5.41, 5.74) is 1.98. The van der Waals surface area contributed by atoms with Crippen LogP contribution in [0.25, 0.3) is 0 Å². The van der Waals surface area contributed by atoms with E-state index < -0.39 is 0 Å². The van der Waals surface area contributed by atoms with E-state index in [9.17, 15) is 4.79 Å². The smallest absolute Gasteiger partial charge is 0.241 e. The lowest BCUT2D eigenvalue weighted by Gasteiger charge is -2.22. The average molecular weight is 323 g/mol. The molecule has 0 bridgehead atoms. The molecule has 1 aliphatic rings. The third kappa shape index (κ3) is 5.69. The number of rotatable bonds is 4. The number of carbonyl (C=O) groups excluding carboxylic acids is 1. The molecule has 0 aliphatic carbocycles. The van der Waals surface area contributed by atoms with Gasteiger partial charge in [0.15, 0.2) is 0 Å². The molecular weight excluding hydrogens is 299 g/mol. The molecule has 1 atom stereocenters. The molecule has 1 aliphatic heterocycles. The van der Waals surface area contributed by atoms with Crippen LogP contribution in [0.2, 0.25) is 0 Å². The highest BCUT2D eigenvalue weighted by molar-refractivity contribution is 5.85. The normalized spacial score (nSPS) is 17.8. The number of carbonyl (C=O) groups is 1. The molecule has 0 spiro atoms. The van der Waals surface area contributed by atoms with E-state index in [1.54, 1.807) is 4.68 Å². The first-order valence-corrected chi connectivity index (χ1v) is 6.63. The molecular formula is C13H24Cl2N4O. The summed E-state index contributed by atoms with van der Waals surface area (Å²) in [6.45, 7) is 7.12. The Balaban J connectivity index is 0.00000180. The number of hydrogen-bond acceptors (Lipinski definition) is 3. The standard InChI is InChI=1S/C13H22N4O.2ClH/c1-10-6-11(2)17(16-10)9-13(18)15-8-12-4-3-5-14-7-12;;/h6,12,14H,3-5,7-9H2,1-2H3,(H,15,18);2*1H. The second-order valence-electron chi connectivity index (χ2n) is 5.10. The van der Waals surface area contributed by atoms with Gasteiger partial charge in [-0.05, 0) is 51.8 Å². The zero-order valence-electron chi connectivity index (χ0n) is 12.0. The Hall–Kier alpha value is -0.780. The first kappa shape index (κ1) is 19.2. The lowest BCUT2D eigenvalue weighted by atomic mass is 10.00. The minimum absolute atomic E-state index is 0. The third-order valence-electron chi connectivity index (χ3n) is 3.38. The lowest BCUT2D eigenvalue weighted by molar-refractivity contribution is -0.122. The minimum Gasteiger partial charge on any atom is -0.354 e. The first-order chi connectivity index (χ1) is 8.65. The molecule has 0 radical (unpaired) electrons. The van der Waals surface area contributed by atoms with Crippen LogP contribution in [0.1, 0.15) is 24.2 Å². The summed E-state index contributed by atoms with van der Waals surface area (Å²) in [4.78, 5) is 11.8. The Bertz CT molecular complexity index is 417. The van der Waals surface area contributed by atoms with Crippen molar-refractivity contribution in [3.05, 3.63) is 17.5 Å². The number of aryl methyl sites for hydroxylation is 2. The zero-order chi connectivity index (χ0) is 13.0. The second kappa shape index (κ2) is 9.21. The van der Waals surface area contributed by atoms with Gasteiger partial charge < -0.3 is 10.6 Å². The van der Waals surface area contributed by atoms with Crippen molar-refractivity contribution in [2.75, 3.05) is 19.6 Å². The molecule has 20 heavy (non-hydrogen) atoms. The van der Waals surface area contributed by atoms with Gasteiger partial charge in [-0.3, -0.25) is 9.48 Å². The molecule has 0 saturated carbocycles. The van der Waals surface area contributed by atoms with Gasteiger partial charge in [0.2, 0.25) is 5.91 Å². The summed E-state index contributed by atoms with van der Waals surface area (Å²) < 4.78 is 1.75. The van der Waals surface area contributed by atoms with Gasteiger partial charge in [-0.25, -0.2) is 0 Å². The Labute approximate surface area is 132 Å². The summed E-state index contributed by atoms with van der Waals surface area (Å²) in [6, 6.07) is 1.98. The summed E-state index contributed by atoms with van der Waals surface area (Å²) in [5, 5.41) is 10.6. The van der Waals surface area contributed by atoms with Gasteiger partial charge in [0.05, 0.1) is 5.69 Å². The van der Waals surface area contributed by atoms with E-state index in [0.717, 1.165) is 31.0 Å². The Morgan fingerprint density at radius 2 is 2.25 bits per heavy atom. The molecule has 0 aromatic carbocycles. The number of amides is 1. The predicted molar refractivity (Wildman–Crippen MR) is 84.8 cm³/mol. The number of piperidine rings is 1. The number of nitrogens with zero attached hydrogens (tertiary/aromatic N) is 2. The van der Waals surface area contributed by atoms with E-state index >= 15 is 0 Å². The highest BCUT2D eigenvalue weighted by Crippen LogP contribution is 2.08. The fraction of sp³-hybridized carbons (Fsp3) is 0.692. The van der Waals surface area contributed by atoms with Gasteiger partial charge in [0, 0.05) is 12.2 Å². The van der Waals surface area contributed by atoms with Crippen molar-refractivity contribution in [2.24, 2.45) is 5.92 Å². The molecule has 1 saturated heterocycles. The van der Waals surface area contributed by atoms with E-state index in [2.05, 4.69) is 15.7 Å². The lowest BCUT2D eigenvalue weighted by Crippen LogP contribution is -2.39. The maximum atomic E-state index is 11.8. The fourth-order valence-electron chi connectivity index (χ4n) is 2.38. The average Bonchev–Trinajstić information content (AvgIpc) is 2.67. The van der Waals surface area contributed by atoms with Crippen LogP contribution in [0.4, 0.5) is 0 Å². The van der Waals surface area contributed by atoms with Crippen molar-refractivity contribution < 1.29 is 4.79 Å². The molecule has 1 aromatic rings.